The van der Waals surface area contributed by atoms with Gasteiger partial charge in [0.05, 0.1) is 0 Å². The molecule has 72 heavy (non-hydrogen) atoms. The average Bonchev–Trinajstić information content (AvgIpc) is 3.34. The van der Waals surface area contributed by atoms with Gasteiger partial charge in [-0.3, -0.25) is 0 Å². The van der Waals surface area contributed by atoms with E-state index in [4.69, 9.17) is 133 Å². The van der Waals surface area contributed by atoms with Crippen molar-refractivity contribution in [2.45, 2.75) is 73.0 Å². The number of ether oxygens (including phenoxy) is 12. The van der Waals surface area contributed by atoms with Crippen molar-refractivity contribution in [3.63, 3.8) is 0 Å². The molecular formula is C54H48O12S6. The standard InChI is InChI=1S/C54H48O12S6/c67-13-37-43-25-1-26-8-28-3-30-10-32-5-34-12-36-6-35-11-33-4-31-9-29-2-27(7-25)45(57-19-55-43)38(14-68)47(29)59-21-61-49(31)40(16-70)51(33)63-23-65-53(35)42(18-72)54(36)66-24-64-52(34)41(17-71)50(32)62-22-60-48(30)39(15-69)46(28)58-20-56-44(26)37/h1-6,67-72H,7-24H2. The Labute approximate surface area is 449 Å². The van der Waals surface area contributed by atoms with Gasteiger partial charge in [-0.1, -0.05) is 0 Å². The van der Waals surface area contributed by atoms with Crippen molar-refractivity contribution in [2.75, 3.05) is 40.8 Å². The Morgan fingerprint density at radius 1 is 0.208 bits per heavy atom. The Morgan fingerprint density at radius 3 is 0.417 bits per heavy atom. The first-order chi connectivity index (χ1) is 35.4. The van der Waals surface area contributed by atoms with Crippen molar-refractivity contribution in [1.82, 2.24) is 0 Å². The van der Waals surface area contributed by atoms with Crippen LogP contribution < -0.4 is 56.8 Å². The highest BCUT2D eigenvalue weighted by Gasteiger charge is 2.35. The zero-order valence-corrected chi connectivity index (χ0v) is 44.1. The number of benzene rings is 6. The zero-order valence-electron chi connectivity index (χ0n) is 38.8. The van der Waals surface area contributed by atoms with E-state index in [0.29, 0.717) is 142 Å². The van der Waals surface area contributed by atoms with E-state index in [0.717, 1.165) is 100 Å². The van der Waals surface area contributed by atoms with E-state index in [2.05, 4.69) is 36.4 Å². The summed E-state index contributed by atoms with van der Waals surface area (Å²) in [6.45, 7) is -0.348. The molecule has 0 amide bonds. The Balaban J connectivity index is 1.08. The second-order valence-corrected chi connectivity index (χ2v) is 20.3. The summed E-state index contributed by atoms with van der Waals surface area (Å²) in [7, 11) is 0. The molecule has 0 fully saturated rings. The summed E-state index contributed by atoms with van der Waals surface area (Å²) >= 11 is 29.3. The number of rotatable bonds is 6. The maximum atomic E-state index is 6.54. The van der Waals surface area contributed by atoms with Gasteiger partial charge in [-0.05, 0) is 103 Å². The molecule has 6 aliphatic heterocycles. The van der Waals surface area contributed by atoms with E-state index < -0.39 is 0 Å². The summed E-state index contributed by atoms with van der Waals surface area (Å²) in [5.74, 6) is 10.2. The van der Waals surface area contributed by atoms with Crippen molar-refractivity contribution in [3.05, 3.63) is 137 Å². The molecule has 0 spiro atoms. The highest BCUT2D eigenvalue weighted by atomic mass is 32.1. The lowest BCUT2D eigenvalue weighted by Crippen LogP contribution is -2.21. The van der Waals surface area contributed by atoms with Crippen LogP contribution in [0.2, 0.25) is 0 Å². The van der Waals surface area contributed by atoms with Crippen LogP contribution in [0.5, 0.6) is 69.0 Å². The first-order valence-corrected chi connectivity index (χ1v) is 27.4. The third kappa shape index (κ3) is 7.62. The fraction of sp³-hybridized carbons (Fsp3) is 0.333. The molecule has 0 saturated heterocycles. The molecule has 0 N–H and O–H groups in total. The van der Waals surface area contributed by atoms with Gasteiger partial charge >= 0.3 is 0 Å². The highest BCUT2D eigenvalue weighted by molar-refractivity contribution is 7.80. The van der Waals surface area contributed by atoms with Gasteiger partial charge in [-0.15, -0.1) is 0 Å². The molecule has 0 radical (unpaired) electrons. The third-order valence-corrected chi connectivity index (χ3v) is 16.5. The molecule has 0 unspecified atom stereocenters. The average molecular weight is 1080 g/mol. The van der Waals surface area contributed by atoms with Gasteiger partial charge in [0.2, 0.25) is 40.8 Å². The highest BCUT2D eigenvalue weighted by Crippen LogP contribution is 2.52. The normalized spacial score (nSPS) is 16.1. The minimum Gasteiger partial charge on any atom is -0.457 e. The van der Waals surface area contributed by atoms with Gasteiger partial charge in [-0.2, -0.15) is 75.8 Å². The Hall–Kier alpha value is -4.98. The molecule has 12 bridgehead atoms. The second kappa shape index (κ2) is 19.1. The fourth-order valence-electron chi connectivity index (χ4n) is 11.7. The summed E-state index contributed by atoms with van der Waals surface area (Å²) in [6.07, 6.45) is 2.89. The molecule has 18 heteroatoms. The van der Waals surface area contributed by atoms with Crippen LogP contribution >= 0.6 is 75.8 Å². The SMILES string of the molecule is SCc1c2c3cc4c1OCOc1c(cc5c(c1CS)OCOc1c(cc6c(c1CS)OCOc1c(cc7c(c1CS)OCOc1c(cc8c(c1CS)OCOc1c(cc(c(c1CS)OCO2)C3)C8)C7)C6)C5)C4. The van der Waals surface area contributed by atoms with Gasteiger partial charge < -0.3 is 56.8 Å². The van der Waals surface area contributed by atoms with Crippen molar-refractivity contribution < 1.29 is 56.8 Å². The maximum absolute atomic E-state index is 6.54. The van der Waals surface area contributed by atoms with Crippen LogP contribution in [0.15, 0.2) is 36.4 Å². The second-order valence-electron chi connectivity index (χ2n) is 18.4. The van der Waals surface area contributed by atoms with Crippen molar-refractivity contribution in [2.24, 2.45) is 0 Å². The number of hydrogen-bond donors (Lipinski definition) is 6. The lowest BCUT2D eigenvalue weighted by molar-refractivity contribution is 0.0979. The van der Waals surface area contributed by atoms with Crippen LogP contribution in [0.4, 0.5) is 0 Å². The van der Waals surface area contributed by atoms with Crippen LogP contribution in [0, 0.1) is 0 Å². The molecule has 1 aliphatic carbocycles. The Morgan fingerprint density at radius 2 is 0.319 bits per heavy atom. The summed E-state index contributed by atoms with van der Waals surface area (Å²) in [5, 5.41) is 0. The minimum atomic E-state index is -0.0579. The monoisotopic (exact) mass is 1080 g/mol. The fourth-order valence-corrected chi connectivity index (χ4v) is 13.4. The lowest BCUT2D eigenvalue weighted by Gasteiger charge is -2.31. The van der Waals surface area contributed by atoms with Gasteiger partial charge in [0.25, 0.3) is 0 Å². The predicted molar refractivity (Wildman–Crippen MR) is 288 cm³/mol. The smallest absolute Gasteiger partial charge is 0.230 e. The Kier molecular flexibility index (Phi) is 12.4. The van der Waals surface area contributed by atoms with Crippen LogP contribution in [-0.2, 0) is 73.0 Å². The molecular weight excluding hydrogens is 1030 g/mol. The summed E-state index contributed by atoms with van der Waals surface area (Å²) in [6, 6.07) is 13.2. The lowest BCUT2D eigenvalue weighted by atomic mass is 9.87. The zero-order chi connectivity index (χ0) is 48.8. The predicted octanol–water partition coefficient (Wildman–Crippen LogP) is 10.5. The maximum Gasteiger partial charge on any atom is 0.230 e. The van der Waals surface area contributed by atoms with Gasteiger partial charge in [0.15, 0.2) is 0 Å². The summed E-state index contributed by atoms with van der Waals surface area (Å²) < 4.78 is 78.5. The molecule has 0 atom stereocenters. The van der Waals surface area contributed by atoms with Crippen LogP contribution in [-0.4, -0.2) is 40.8 Å². The first kappa shape index (κ1) is 46.8. The molecule has 0 aromatic heterocycles. The van der Waals surface area contributed by atoms with Gasteiger partial charge in [0.1, 0.15) is 69.0 Å². The van der Waals surface area contributed by atoms with Crippen molar-refractivity contribution >= 4 is 75.8 Å². The number of hydrogen-bond acceptors (Lipinski definition) is 18. The molecule has 13 rings (SSSR count). The van der Waals surface area contributed by atoms with E-state index in [1.54, 1.807) is 0 Å². The molecule has 6 aromatic carbocycles. The van der Waals surface area contributed by atoms with E-state index in [9.17, 15) is 0 Å². The number of thiol groups is 6. The van der Waals surface area contributed by atoms with E-state index in [-0.39, 0.29) is 40.8 Å². The first-order valence-electron chi connectivity index (χ1n) is 23.6. The van der Waals surface area contributed by atoms with Crippen LogP contribution in [0.3, 0.4) is 0 Å². The summed E-state index contributed by atoms with van der Waals surface area (Å²) in [4.78, 5) is 0. The molecule has 12 nitrogen and oxygen atoms in total. The molecule has 6 aromatic rings. The molecule has 372 valence electrons. The molecule has 0 saturated carbocycles. The molecule has 7 aliphatic rings. The van der Waals surface area contributed by atoms with Gasteiger partial charge in [0, 0.05) is 106 Å². The minimum absolute atomic E-state index is 0.0579. The van der Waals surface area contributed by atoms with Crippen LogP contribution in [0.1, 0.15) is 100 Å². The largest absolute Gasteiger partial charge is 0.457 e. The quantitative estimate of drug-likeness (QED) is 0.0893. The topological polar surface area (TPSA) is 111 Å². The Bertz CT molecular complexity index is 2550. The third-order valence-electron chi connectivity index (χ3n) is 14.6. The molecule has 6 heterocycles. The van der Waals surface area contributed by atoms with Gasteiger partial charge in [-0.25, -0.2) is 0 Å². The van der Waals surface area contributed by atoms with E-state index >= 15 is 0 Å². The van der Waals surface area contributed by atoms with Crippen molar-refractivity contribution in [1.29, 1.82) is 0 Å². The van der Waals surface area contributed by atoms with E-state index in [1.807, 2.05) is 0 Å². The van der Waals surface area contributed by atoms with Crippen LogP contribution in [0.25, 0.3) is 0 Å². The van der Waals surface area contributed by atoms with E-state index in [1.165, 1.54) is 0 Å². The van der Waals surface area contributed by atoms with Crippen molar-refractivity contribution in [3.8, 4) is 69.0 Å². The summed E-state index contributed by atoms with van der Waals surface area (Å²) in [5.41, 5.74) is 16.6.